The van der Waals surface area contributed by atoms with E-state index in [4.69, 9.17) is 0 Å². The number of carbonyl (C=O) groups excluding carboxylic acids is 1. The van der Waals surface area contributed by atoms with Gasteiger partial charge in [-0.1, -0.05) is 58.4 Å². The molecule has 0 spiro atoms. The molecular formula is C16H16BrNO. The summed E-state index contributed by atoms with van der Waals surface area (Å²) < 4.78 is 0.981. The van der Waals surface area contributed by atoms with E-state index in [1.807, 2.05) is 42.5 Å². The van der Waals surface area contributed by atoms with Gasteiger partial charge in [0.2, 0.25) is 0 Å². The van der Waals surface area contributed by atoms with Gasteiger partial charge in [-0.3, -0.25) is 4.79 Å². The number of Topliss-reactive ketones (excluding diaryl/α,β-unsaturated/α-hetero) is 1. The molecule has 0 aliphatic carbocycles. The summed E-state index contributed by atoms with van der Waals surface area (Å²) in [5.41, 5.74) is 1.92. The third kappa shape index (κ3) is 4.01. The maximum atomic E-state index is 12.0. The summed E-state index contributed by atoms with van der Waals surface area (Å²) in [5.74, 6) is 0.107. The first-order valence-corrected chi connectivity index (χ1v) is 7.03. The van der Waals surface area contributed by atoms with Gasteiger partial charge in [0.1, 0.15) is 0 Å². The minimum atomic E-state index is 0.107. The topological polar surface area (TPSA) is 29.1 Å². The van der Waals surface area contributed by atoms with Crippen molar-refractivity contribution in [2.24, 2.45) is 0 Å². The van der Waals surface area contributed by atoms with Gasteiger partial charge in [-0.05, 0) is 24.6 Å². The van der Waals surface area contributed by atoms with Crippen LogP contribution in [0.5, 0.6) is 0 Å². The summed E-state index contributed by atoms with van der Waals surface area (Å²) in [6.45, 7) is 2.40. The van der Waals surface area contributed by atoms with E-state index < -0.39 is 0 Å². The molecule has 0 heterocycles. The maximum absolute atomic E-state index is 12.0. The predicted molar refractivity (Wildman–Crippen MR) is 81.3 cm³/mol. The number of carbonyl (C=O) groups is 1. The Labute approximate surface area is 122 Å². The smallest absolute Gasteiger partial charge is 0.176 e. The van der Waals surface area contributed by atoms with Crippen LogP contribution in [0.2, 0.25) is 0 Å². The van der Waals surface area contributed by atoms with Crippen LogP contribution in [-0.2, 0) is 0 Å². The highest BCUT2D eigenvalue weighted by Gasteiger charge is 2.09. The highest BCUT2D eigenvalue weighted by atomic mass is 79.9. The van der Waals surface area contributed by atoms with Gasteiger partial charge in [0.15, 0.2) is 5.78 Å². The first kappa shape index (κ1) is 14.0. The van der Waals surface area contributed by atoms with Crippen LogP contribution in [0.25, 0.3) is 0 Å². The van der Waals surface area contributed by atoms with Gasteiger partial charge < -0.3 is 5.32 Å². The standard InChI is InChI=1S/C16H16BrNO/c1-12(13-5-3-2-4-6-13)18-11-16(19)14-7-9-15(17)10-8-14/h2-10,12,18H,11H2,1H3/t12-/m0/s1. The van der Waals surface area contributed by atoms with Crippen LogP contribution in [0.15, 0.2) is 59.1 Å². The maximum Gasteiger partial charge on any atom is 0.176 e. The molecule has 98 valence electrons. The fourth-order valence-corrected chi connectivity index (χ4v) is 2.11. The molecule has 0 unspecified atom stereocenters. The Balaban J connectivity index is 1.92. The zero-order valence-electron chi connectivity index (χ0n) is 10.8. The van der Waals surface area contributed by atoms with Crippen molar-refractivity contribution in [1.29, 1.82) is 0 Å². The summed E-state index contributed by atoms with van der Waals surface area (Å²) >= 11 is 3.36. The molecular weight excluding hydrogens is 302 g/mol. The van der Waals surface area contributed by atoms with E-state index in [0.717, 1.165) is 10.0 Å². The largest absolute Gasteiger partial charge is 0.303 e. The van der Waals surface area contributed by atoms with E-state index in [9.17, 15) is 4.79 Å². The number of rotatable bonds is 5. The lowest BCUT2D eigenvalue weighted by Crippen LogP contribution is -2.25. The van der Waals surface area contributed by atoms with E-state index in [0.29, 0.717) is 6.54 Å². The highest BCUT2D eigenvalue weighted by Crippen LogP contribution is 2.13. The minimum absolute atomic E-state index is 0.107. The Hall–Kier alpha value is -1.45. The minimum Gasteiger partial charge on any atom is -0.303 e. The van der Waals surface area contributed by atoms with E-state index in [1.165, 1.54) is 5.56 Å². The Morgan fingerprint density at radius 1 is 1.11 bits per heavy atom. The van der Waals surface area contributed by atoms with Crippen LogP contribution in [0.4, 0.5) is 0 Å². The molecule has 1 atom stereocenters. The SMILES string of the molecule is C[C@H](NCC(=O)c1ccc(Br)cc1)c1ccccc1. The van der Waals surface area contributed by atoms with Crippen LogP contribution >= 0.6 is 15.9 Å². The second-order valence-corrected chi connectivity index (χ2v) is 5.36. The second kappa shape index (κ2) is 6.64. The molecule has 2 aromatic rings. The number of ketones is 1. The second-order valence-electron chi connectivity index (χ2n) is 4.44. The molecule has 2 nitrogen and oxygen atoms in total. The molecule has 2 aromatic carbocycles. The Bertz CT molecular complexity index is 536. The van der Waals surface area contributed by atoms with Crippen molar-refractivity contribution >= 4 is 21.7 Å². The molecule has 0 saturated heterocycles. The Kier molecular flexibility index (Phi) is 4.88. The van der Waals surface area contributed by atoms with Crippen LogP contribution < -0.4 is 5.32 Å². The van der Waals surface area contributed by atoms with Gasteiger partial charge in [-0.15, -0.1) is 0 Å². The summed E-state index contributed by atoms with van der Waals surface area (Å²) in [6.07, 6.45) is 0. The monoisotopic (exact) mass is 317 g/mol. The predicted octanol–water partition coefficient (Wildman–Crippen LogP) is 3.98. The highest BCUT2D eigenvalue weighted by molar-refractivity contribution is 9.10. The van der Waals surface area contributed by atoms with Crippen molar-refractivity contribution in [3.63, 3.8) is 0 Å². The Morgan fingerprint density at radius 3 is 2.37 bits per heavy atom. The third-order valence-electron chi connectivity index (χ3n) is 3.03. The number of nitrogens with one attached hydrogen (secondary N) is 1. The van der Waals surface area contributed by atoms with Crippen molar-refractivity contribution in [1.82, 2.24) is 5.32 Å². The van der Waals surface area contributed by atoms with Crippen molar-refractivity contribution in [2.75, 3.05) is 6.54 Å². The first-order valence-electron chi connectivity index (χ1n) is 6.24. The first-order chi connectivity index (χ1) is 9.16. The van der Waals surface area contributed by atoms with E-state index in [-0.39, 0.29) is 11.8 Å². The number of hydrogen-bond donors (Lipinski definition) is 1. The van der Waals surface area contributed by atoms with E-state index in [1.54, 1.807) is 0 Å². The molecule has 3 heteroatoms. The molecule has 2 rings (SSSR count). The van der Waals surface area contributed by atoms with Gasteiger partial charge in [0.25, 0.3) is 0 Å². The zero-order valence-corrected chi connectivity index (χ0v) is 12.4. The quantitative estimate of drug-likeness (QED) is 0.845. The molecule has 0 saturated carbocycles. The molecule has 0 aromatic heterocycles. The van der Waals surface area contributed by atoms with Crippen molar-refractivity contribution < 1.29 is 4.79 Å². The molecule has 0 aliphatic rings. The van der Waals surface area contributed by atoms with Gasteiger partial charge in [0.05, 0.1) is 6.54 Å². The van der Waals surface area contributed by atoms with Gasteiger partial charge in [0, 0.05) is 16.1 Å². The molecule has 1 N–H and O–H groups in total. The summed E-state index contributed by atoms with van der Waals surface area (Å²) in [6, 6.07) is 17.7. The van der Waals surface area contributed by atoms with Gasteiger partial charge in [-0.2, -0.15) is 0 Å². The van der Waals surface area contributed by atoms with Crippen molar-refractivity contribution in [3.05, 3.63) is 70.2 Å². The number of hydrogen-bond acceptors (Lipinski definition) is 2. The zero-order chi connectivity index (χ0) is 13.7. The molecule has 19 heavy (non-hydrogen) atoms. The van der Waals surface area contributed by atoms with E-state index in [2.05, 4.69) is 40.3 Å². The van der Waals surface area contributed by atoms with Crippen LogP contribution in [-0.4, -0.2) is 12.3 Å². The molecule has 0 bridgehead atoms. The lowest BCUT2D eigenvalue weighted by molar-refractivity contribution is 0.0988. The lowest BCUT2D eigenvalue weighted by atomic mass is 10.1. The summed E-state index contributed by atoms with van der Waals surface area (Å²) in [7, 11) is 0. The molecule has 0 radical (unpaired) electrons. The Morgan fingerprint density at radius 2 is 1.74 bits per heavy atom. The normalized spacial score (nSPS) is 12.1. The van der Waals surface area contributed by atoms with Crippen LogP contribution in [0.3, 0.4) is 0 Å². The fraction of sp³-hybridized carbons (Fsp3) is 0.188. The van der Waals surface area contributed by atoms with E-state index >= 15 is 0 Å². The van der Waals surface area contributed by atoms with Crippen LogP contribution in [0, 0.1) is 0 Å². The summed E-state index contributed by atoms with van der Waals surface area (Å²) in [4.78, 5) is 12.0. The number of halogens is 1. The third-order valence-corrected chi connectivity index (χ3v) is 3.56. The van der Waals surface area contributed by atoms with Crippen LogP contribution in [0.1, 0.15) is 28.9 Å². The molecule has 0 fully saturated rings. The lowest BCUT2D eigenvalue weighted by Gasteiger charge is -2.13. The molecule has 0 amide bonds. The number of benzene rings is 2. The fourth-order valence-electron chi connectivity index (χ4n) is 1.84. The van der Waals surface area contributed by atoms with Gasteiger partial charge >= 0.3 is 0 Å². The average molecular weight is 318 g/mol. The van der Waals surface area contributed by atoms with Crippen molar-refractivity contribution in [2.45, 2.75) is 13.0 Å². The average Bonchev–Trinajstić information content (AvgIpc) is 2.46. The van der Waals surface area contributed by atoms with Crippen molar-refractivity contribution in [3.8, 4) is 0 Å². The summed E-state index contributed by atoms with van der Waals surface area (Å²) in [5, 5.41) is 3.25. The van der Waals surface area contributed by atoms with Gasteiger partial charge in [-0.25, -0.2) is 0 Å². The molecule has 0 aliphatic heterocycles.